The second kappa shape index (κ2) is 6.94. The van der Waals surface area contributed by atoms with Gasteiger partial charge in [0.1, 0.15) is 12.1 Å². The van der Waals surface area contributed by atoms with E-state index in [1.807, 2.05) is 18.5 Å². The summed E-state index contributed by atoms with van der Waals surface area (Å²) in [6, 6.07) is 6.81. The third kappa shape index (κ3) is 3.67. The third-order valence-electron chi connectivity index (χ3n) is 4.24. The summed E-state index contributed by atoms with van der Waals surface area (Å²) in [7, 11) is 0. The summed E-state index contributed by atoms with van der Waals surface area (Å²) in [6.45, 7) is 2.36. The Morgan fingerprint density at radius 1 is 1.23 bits per heavy atom. The largest absolute Gasteiger partial charge is 0.393 e. The number of rotatable bonds is 4. The molecule has 116 valence electrons. The monoisotopic (exact) mass is 301 g/mol. The standard InChI is InChI=1S/C17H20FN3O/c18-16-4-2-1-3-14(16)7-15-11-21(6-5-17(15)22)10-13-8-19-12-20-9-13/h1-4,8-9,12,15,17,22H,5-7,10-11H2/t15-,17-/m1/s1. The van der Waals surface area contributed by atoms with E-state index in [0.717, 1.165) is 25.2 Å². The fraction of sp³-hybridized carbons (Fsp3) is 0.412. The Balaban J connectivity index is 1.65. The smallest absolute Gasteiger partial charge is 0.126 e. The van der Waals surface area contributed by atoms with Crippen LogP contribution >= 0.6 is 0 Å². The first-order valence-corrected chi connectivity index (χ1v) is 7.60. The van der Waals surface area contributed by atoms with Crippen LogP contribution in [0.3, 0.4) is 0 Å². The van der Waals surface area contributed by atoms with Crippen LogP contribution in [0.15, 0.2) is 43.0 Å². The SMILES string of the molecule is O[C@@H]1CCN(Cc2cncnc2)C[C@H]1Cc1ccccc1F. The van der Waals surface area contributed by atoms with Crippen LogP contribution < -0.4 is 0 Å². The van der Waals surface area contributed by atoms with Gasteiger partial charge in [-0.1, -0.05) is 18.2 Å². The molecule has 1 aromatic heterocycles. The van der Waals surface area contributed by atoms with E-state index < -0.39 is 0 Å². The molecule has 0 radical (unpaired) electrons. The van der Waals surface area contributed by atoms with Gasteiger partial charge in [-0.05, 0) is 24.5 Å². The maximum atomic E-state index is 13.8. The van der Waals surface area contributed by atoms with Crippen molar-refractivity contribution in [3.8, 4) is 0 Å². The summed E-state index contributed by atoms with van der Waals surface area (Å²) in [5.41, 5.74) is 1.74. The molecule has 22 heavy (non-hydrogen) atoms. The third-order valence-corrected chi connectivity index (χ3v) is 4.24. The zero-order chi connectivity index (χ0) is 15.4. The normalized spacial score (nSPS) is 22.6. The maximum absolute atomic E-state index is 13.8. The molecule has 0 aliphatic carbocycles. The number of hydrogen-bond acceptors (Lipinski definition) is 4. The number of halogens is 1. The van der Waals surface area contributed by atoms with Gasteiger partial charge in [0.2, 0.25) is 0 Å². The Kier molecular flexibility index (Phi) is 4.75. The highest BCUT2D eigenvalue weighted by atomic mass is 19.1. The number of aliphatic hydroxyl groups is 1. The minimum atomic E-state index is -0.372. The molecule has 0 amide bonds. The summed E-state index contributed by atoms with van der Waals surface area (Å²) >= 11 is 0. The Morgan fingerprint density at radius 2 is 2.00 bits per heavy atom. The zero-order valence-electron chi connectivity index (χ0n) is 12.4. The predicted molar refractivity (Wildman–Crippen MR) is 81.5 cm³/mol. The number of piperidine rings is 1. The van der Waals surface area contributed by atoms with E-state index in [-0.39, 0.29) is 17.8 Å². The molecule has 1 aromatic carbocycles. The van der Waals surface area contributed by atoms with Crippen molar-refractivity contribution in [1.29, 1.82) is 0 Å². The molecular formula is C17H20FN3O. The topological polar surface area (TPSA) is 49.2 Å². The lowest BCUT2D eigenvalue weighted by Gasteiger charge is -2.36. The average Bonchev–Trinajstić information content (AvgIpc) is 2.54. The molecule has 0 spiro atoms. The van der Waals surface area contributed by atoms with Crippen molar-refractivity contribution in [2.45, 2.75) is 25.5 Å². The molecule has 0 bridgehead atoms. The molecule has 1 fully saturated rings. The second-order valence-corrected chi connectivity index (χ2v) is 5.89. The molecule has 1 aliphatic rings. The predicted octanol–water partition coefficient (Wildman–Crippen LogP) is 2.04. The first-order chi connectivity index (χ1) is 10.7. The molecule has 0 saturated carbocycles. The van der Waals surface area contributed by atoms with Crippen LogP contribution in [0.1, 0.15) is 17.5 Å². The van der Waals surface area contributed by atoms with Gasteiger partial charge in [0, 0.05) is 43.5 Å². The number of hydrogen-bond donors (Lipinski definition) is 1. The van der Waals surface area contributed by atoms with Gasteiger partial charge in [-0.15, -0.1) is 0 Å². The van der Waals surface area contributed by atoms with Crippen molar-refractivity contribution >= 4 is 0 Å². The van der Waals surface area contributed by atoms with Crippen molar-refractivity contribution in [3.63, 3.8) is 0 Å². The Labute approximate surface area is 129 Å². The molecule has 2 aromatic rings. The van der Waals surface area contributed by atoms with Crippen LogP contribution in [0.25, 0.3) is 0 Å². The molecule has 1 aliphatic heterocycles. The Bertz CT molecular complexity index is 608. The number of aromatic nitrogens is 2. The summed E-state index contributed by atoms with van der Waals surface area (Å²) in [5.74, 6) is -0.140. The summed E-state index contributed by atoms with van der Waals surface area (Å²) in [4.78, 5) is 10.3. The lowest BCUT2D eigenvalue weighted by molar-refractivity contribution is 0.0235. The zero-order valence-corrected chi connectivity index (χ0v) is 12.4. The van der Waals surface area contributed by atoms with Crippen LogP contribution in [0.4, 0.5) is 4.39 Å². The lowest BCUT2D eigenvalue weighted by Crippen LogP contribution is -2.43. The van der Waals surface area contributed by atoms with E-state index in [0.29, 0.717) is 18.4 Å². The van der Waals surface area contributed by atoms with Crippen molar-refractivity contribution in [3.05, 3.63) is 59.9 Å². The first kappa shape index (κ1) is 15.1. The highest BCUT2D eigenvalue weighted by Crippen LogP contribution is 2.23. The second-order valence-electron chi connectivity index (χ2n) is 5.89. The van der Waals surface area contributed by atoms with E-state index in [1.54, 1.807) is 12.1 Å². The minimum Gasteiger partial charge on any atom is -0.393 e. The summed E-state index contributed by atoms with van der Waals surface area (Å²) in [5, 5.41) is 10.2. The van der Waals surface area contributed by atoms with Crippen molar-refractivity contribution in [2.24, 2.45) is 5.92 Å². The van der Waals surface area contributed by atoms with Gasteiger partial charge in [0.15, 0.2) is 0 Å². The molecule has 1 N–H and O–H groups in total. The van der Waals surface area contributed by atoms with Gasteiger partial charge >= 0.3 is 0 Å². The Morgan fingerprint density at radius 3 is 2.77 bits per heavy atom. The average molecular weight is 301 g/mol. The number of benzene rings is 1. The van der Waals surface area contributed by atoms with E-state index >= 15 is 0 Å². The van der Waals surface area contributed by atoms with Gasteiger partial charge in [-0.3, -0.25) is 4.90 Å². The Hall–Kier alpha value is -1.85. The maximum Gasteiger partial charge on any atom is 0.126 e. The highest BCUT2D eigenvalue weighted by molar-refractivity contribution is 5.18. The van der Waals surface area contributed by atoms with E-state index in [4.69, 9.17) is 0 Å². The first-order valence-electron chi connectivity index (χ1n) is 7.60. The molecule has 0 unspecified atom stereocenters. The molecular weight excluding hydrogens is 281 g/mol. The van der Waals surface area contributed by atoms with E-state index in [2.05, 4.69) is 14.9 Å². The van der Waals surface area contributed by atoms with Crippen LogP contribution in [0.5, 0.6) is 0 Å². The highest BCUT2D eigenvalue weighted by Gasteiger charge is 2.28. The van der Waals surface area contributed by atoms with Gasteiger partial charge < -0.3 is 5.11 Å². The molecule has 2 heterocycles. The van der Waals surface area contributed by atoms with Crippen LogP contribution in [0.2, 0.25) is 0 Å². The lowest BCUT2D eigenvalue weighted by atomic mass is 9.88. The quantitative estimate of drug-likeness (QED) is 0.939. The number of likely N-dealkylation sites (tertiary alicyclic amines) is 1. The van der Waals surface area contributed by atoms with Gasteiger partial charge in [-0.25, -0.2) is 14.4 Å². The summed E-state index contributed by atoms with van der Waals surface area (Å²) in [6.07, 6.45) is 6.05. The van der Waals surface area contributed by atoms with Gasteiger partial charge in [0.25, 0.3) is 0 Å². The fourth-order valence-corrected chi connectivity index (χ4v) is 3.06. The van der Waals surface area contributed by atoms with E-state index in [9.17, 15) is 9.50 Å². The van der Waals surface area contributed by atoms with Crippen molar-refractivity contribution < 1.29 is 9.50 Å². The van der Waals surface area contributed by atoms with Crippen LogP contribution in [0, 0.1) is 11.7 Å². The fourth-order valence-electron chi connectivity index (χ4n) is 3.06. The van der Waals surface area contributed by atoms with Crippen molar-refractivity contribution in [1.82, 2.24) is 14.9 Å². The van der Waals surface area contributed by atoms with E-state index in [1.165, 1.54) is 12.4 Å². The number of aliphatic hydroxyl groups excluding tert-OH is 1. The van der Waals surface area contributed by atoms with Crippen molar-refractivity contribution in [2.75, 3.05) is 13.1 Å². The summed E-state index contributed by atoms with van der Waals surface area (Å²) < 4.78 is 13.8. The molecule has 2 atom stereocenters. The molecule has 1 saturated heterocycles. The number of nitrogens with zero attached hydrogens (tertiary/aromatic N) is 3. The van der Waals surface area contributed by atoms with Gasteiger partial charge in [-0.2, -0.15) is 0 Å². The molecule has 4 nitrogen and oxygen atoms in total. The van der Waals surface area contributed by atoms with Crippen LogP contribution in [-0.4, -0.2) is 39.2 Å². The molecule has 3 rings (SSSR count). The molecule has 5 heteroatoms. The minimum absolute atomic E-state index is 0.0512. The van der Waals surface area contributed by atoms with Gasteiger partial charge in [0.05, 0.1) is 6.10 Å². The van der Waals surface area contributed by atoms with Crippen LogP contribution in [-0.2, 0) is 13.0 Å².